The van der Waals surface area contributed by atoms with Crippen molar-refractivity contribution in [2.45, 2.75) is 284 Å². The van der Waals surface area contributed by atoms with Gasteiger partial charge >= 0.3 is 17.9 Å². The second-order valence-corrected chi connectivity index (χ2v) is 17.8. The van der Waals surface area contributed by atoms with Crippen molar-refractivity contribution < 1.29 is 28.6 Å². The third-order valence-corrected chi connectivity index (χ3v) is 11.6. The molecule has 0 radical (unpaired) electrons. The van der Waals surface area contributed by atoms with Crippen LogP contribution in [0.2, 0.25) is 0 Å². The summed E-state index contributed by atoms with van der Waals surface area (Å²) in [6, 6.07) is 0. The number of hydrogen-bond acceptors (Lipinski definition) is 6. The molecule has 1 atom stereocenters. The molecule has 0 aromatic heterocycles. The lowest BCUT2D eigenvalue weighted by molar-refractivity contribution is -0.167. The number of carbonyl (C=O) groups excluding carboxylic acids is 3. The van der Waals surface area contributed by atoms with Crippen LogP contribution in [-0.4, -0.2) is 37.2 Å². The molecule has 0 aliphatic heterocycles. The predicted molar refractivity (Wildman–Crippen MR) is 261 cm³/mol. The van der Waals surface area contributed by atoms with E-state index in [9.17, 15) is 14.4 Å². The molecule has 0 heterocycles. The highest BCUT2D eigenvalue weighted by Crippen LogP contribution is 2.16. The molecule has 0 aliphatic rings. The van der Waals surface area contributed by atoms with Gasteiger partial charge in [-0.2, -0.15) is 0 Å². The Morgan fingerprint density at radius 2 is 0.607 bits per heavy atom. The monoisotopic (exact) mass is 857 g/mol. The molecule has 0 spiro atoms. The normalized spacial score (nSPS) is 12.2. The van der Waals surface area contributed by atoms with Crippen LogP contribution in [-0.2, 0) is 28.6 Å². The lowest BCUT2D eigenvalue weighted by Gasteiger charge is -2.18. The number of carbonyl (C=O) groups is 3. The van der Waals surface area contributed by atoms with Crippen LogP contribution in [0.1, 0.15) is 278 Å². The molecular weight excluding hydrogens is 757 g/mol. The lowest BCUT2D eigenvalue weighted by atomic mass is 10.0. The minimum absolute atomic E-state index is 0.0750. The molecule has 6 nitrogen and oxygen atoms in total. The van der Waals surface area contributed by atoms with Gasteiger partial charge in [0.25, 0.3) is 0 Å². The largest absolute Gasteiger partial charge is 0.462 e. The highest BCUT2D eigenvalue weighted by molar-refractivity contribution is 5.71. The van der Waals surface area contributed by atoms with Crippen LogP contribution in [0.4, 0.5) is 0 Å². The van der Waals surface area contributed by atoms with Gasteiger partial charge in [-0.05, 0) is 70.6 Å². The first-order valence-electron chi connectivity index (χ1n) is 26.5. The topological polar surface area (TPSA) is 78.9 Å². The fraction of sp³-hybridized carbons (Fsp3) is 0.836. The first-order chi connectivity index (χ1) is 30.0. The average Bonchev–Trinajstić information content (AvgIpc) is 3.26. The maximum absolute atomic E-state index is 12.8. The van der Waals surface area contributed by atoms with Gasteiger partial charge in [0.05, 0.1) is 0 Å². The van der Waals surface area contributed by atoms with Gasteiger partial charge in [0.1, 0.15) is 13.2 Å². The minimum Gasteiger partial charge on any atom is -0.462 e. The lowest BCUT2D eigenvalue weighted by Crippen LogP contribution is -2.30. The van der Waals surface area contributed by atoms with Gasteiger partial charge in [0, 0.05) is 19.3 Å². The standard InChI is InChI=1S/C55H100O6/c1-4-7-10-13-16-19-22-24-26-27-29-31-34-37-40-43-46-49-55(58)61-52(50-59-53(56)47-44-41-38-35-32-21-18-15-12-9-6-3)51-60-54(57)48-45-42-39-36-33-30-28-25-23-20-17-14-11-8-5-2/h15-16,18-19,24,26,52H,4-14,17,20-23,25,27-51H2,1-3H3/b18-15-,19-16-,26-24-/t52-/m1/s1. The molecule has 0 N–H and O–H groups in total. The maximum atomic E-state index is 12.8. The molecule has 0 aromatic rings. The van der Waals surface area contributed by atoms with E-state index < -0.39 is 6.10 Å². The van der Waals surface area contributed by atoms with Crippen LogP contribution in [0.15, 0.2) is 36.5 Å². The number of ether oxygens (including phenoxy) is 3. The van der Waals surface area contributed by atoms with E-state index in [2.05, 4.69) is 57.2 Å². The van der Waals surface area contributed by atoms with Crippen molar-refractivity contribution in [1.82, 2.24) is 0 Å². The molecule has 61 heavy (non-hydrogen) atoms. The Morgan fingerprint density at radius 1 is 0.328 bits per heavy atom. The predicted octanol–water partition coefficient (Wildman–Crippen LogP) is 17.3. The smallest absolute Gasteiger partial charge is 0.306 e. The van der Waals surface area contributed by atoms with Crippen molar-refractivity contribution in [3.63, 3.8) is 0 Å². The van der Waals surface area contributed by atoms with Crippen molar-refractivity contribution in [2.24, 2.45) is 0 Å². The van der Waals surface area contributed by atoms with E-state index in [1.165, 1.54) is 161 Å². The van der Waals surface area contributed by atoms with Crippen LogP contribution in [0, 0.1) is 0 Å². The van der Waals surface area contributed by atoms with Gasteiger partial charge in [-0.1, -0.05) is 224 Å². The molecule has 0 rings (SSSR count). The molecule has 0 saturated heterocycles. The van der Waals surface area contributed by atoms with E-state index in [0.717, 1.165) is 77.0 Å². The SMILES string of the molecule is CCCC/C=C\CCCCCCCC(=O)OC[C@H](COC(=O)CCCCCCCCCCCCCCCCC)OC(=O)CCCCCCCCC/C=C\C/C=C\CCCCC. The second-order valence-electron chi connectivity index (χ2n) is 17.8. The summed E-state index contributed by atoms with van der Waals surface area (Å²) in [4.78, 5) is 38.0. The van der Waals surface area contributed by atoms with Crippen LogP contribution in [0.3, 0.4) is 0 Å². The zero-order chi connectivity index (χ0) is 44.4. The molecule has 356 valence electrons. The molecule has 0 bridgehead atoms. The Hall–Kier alpha value is -2.37. The Bertz CT molecular complexity index is 1030. The summed E-state index contributed by atoms with van der Waals surface area (Å²) in [5.74, 6) is -0.882. The first-order valence-corrected chi connectivity index (χ1v) is 26.5. The third kappa shape index (κ3) is 48.5. The van der Waals surface area contributed by atoms with Gasteiger partial charge < -0.3 is 14.2 Å². The fourth-order valence-corrected chi connectivity index (χ4v) is 7.57. The van der Waals surface area contributed by atoms with Crippen molar-refractivity contribution in [2.75, 3.05) is 13.2 Å². The van der Waals surface area contributed by atoms with Crippen molar-refractivity contribution in [1.29, 1.82) is 0 Å². The highest BCUT2D eigenvalue weighted by atomic mass is 16.6. The quantitative estimate of drug-likeness (QED) is 0.0262. The van der Waals surface area contributed by atoms with E-state index in [1.807, 2.05) is 0 Å². The molecule has 0 amide bonds. The first kappa shape index (κ1) is 58.6. The summed E-state index contributed by atoms with van der Waals surface area (Å²) in [5.41, 5.74) is 0. The number of allylic oxidation sites excluding steroid dienone is 6. The van der Waals surface area contributed by atoms with Gasteiger partial charge in [-0.25, -0.2) is 0 Å². The van der Waals surface area contributed by atoms with E-state index in [0.29, 0.717) is 19.3 Å². The van der Waals surface area contributed by atoms with E-state index in [1.54, 1.807) is 0 Å². The summed E-state index contributed by atoms with van der Waals surface area (Å²) < 4.78 is 16.8. The van der Waals surface area contributed by atoms with Crippen LogP contribution in [0.25, 0.3) is 0 Å². The Morgan fingerprint density at radius 3 is 1.00 bits per heavy atom. The summed E-state index contributed by atoms with van der Waals surface area (Å²) in [7, 11) is 0. The van der Waals surface area contributed by atoms with Crippen LogP contribution in [0.5, 0.6) is 0 Å². The highest BCUT2D eigenvalue weighted by Gasteiger charge is 2.19. The van der Waals surface area contributed by atoms with Crippen molar-refractivity contribution >= 4 is 17.9 Å². The Kier molecular flexibility index (Phi) is 48.3. The zero-order valence-corrected chi connectivity index (χ0v) is 40.7. The average molecular weight is 857 g/mol. The maximum Gasteiger partial charge on any atom is 0.306 e. The molecule has 0 saturated carbocycles. The van der Waals surface area contributed by atoms with Crippen LogP contribution < -0.4 is 0 Å². The van der Waals surface area contributed by atoms with E-state index >= 15 is 0 Å². The summed E-state index contributed by atoms with van der Waals surface area (Å²) in [6.45, 7) is 6.59. The molecule has 0 aromatic carbocycles. The molecular formula is C55H100O6. The summed E-state index contributed by atoms with van der Waals surface area (Å²) in [6.07, 6.45) is 58.4. The number of esters is 3. The van der Waals surface area contributed by atoms with Gasteiger partial charge in [0.15, 0.2) is 6.10 Å². The van der Waals surface area contributed by atoms with Gasteiger partial charge in [-0.15, -0.1) is 0 Å². The van der Waals surface area contributed by atoms with Gasteiger partial charge in [-0.3, -0.25) is 14.4 Å². The molecule has 0 aliphatic carbocycles. The van der Waals surface area contributed by atoms with Crippen molar-refractivity contribution in [3.8, 4) is 0 Å². The third-order valence-electron chi connectivity index (χ3n) is 11.6. The van der Waals surface area contributed by atoms with E-state index in [4.69, 9.17) is 14.2 Å². The number of unbranched alkanes of at least 4 members (excludes halogenated alkanes) is 31. The van der Waals surface area contributed by atoms with Crippen molar-refractivity contribution in [3.05, 3.63) is 36.5 Å². The number of hydrogen-bond donors (Lipinski definition) is 0. The Balaban J connectivity index is 4.35. The molecule has 0 unspecified atom stereocenters. The van der Waals surface area contributed by atoms with Gasteiger partial charge in [0.2, 0.25) is 0 Å². The zero-order valence-electron chi connectivity index (χ0n) is 40.7. The summed E-state index contributed by atoms with van der Waals surface area (Å²) >= 11 is 0. The minimum atomic E-state index is -0.775. The summed E-state index contributed by atoms with van der Waals surface area (Å²) in [5, 5.41) is 0. The van der Waals surface area contributed by atoms with E-state index in [-0.39, 0.29) is 31.1 Å². The molecule has 6 heteroatoms. The Labute approximate surface area is 378 Å². The fourth-order valence-electron chi connectivity index (χ4n) is 7.57. The molecule has 0 fully saturated rings. The number of rotatable bonds is 48. The second kappa shape index (κ2) is 50.3. The van der Waals surface area contributed by atoms with Crippen LogP contribution >= 0.6 is 0 Å².